The van der Waals surface area contributed by atoms with Crippen LogP contribution in [0.4, 0.5) is 4.39 Å². The smallest absolute Gasteiger partial charge is 0.344 e. The number of carbonyl (C=O) groups is 1. The van der Waals surface area contributed by atoms with Crippen LogP contribution in [-0.4, -0.2) is 29.2 Å². The van der Waals surface area contributed by atoms with Gasteiger partial charge in [-0.2, -0.15) is 0 Å². The first-order chi connectivity index (χ1) is 13.9. The van der Waals surface area contributed by atoms with Crippen LogP contribution in [0.1, 0.15) is 39.5 Å². The molecule has 152 valence electrons. The first-order valence-electron chi connectivity index (χ1n) is 9.44. The number of ether oxygens (including phenoxy) is 1. The third-order valence-electron chi connectivity index (χ3n) is 4.94. The molecule has 0 amide bonds. The predicted octanol–water partition coefficient (Wildman–Crippen LogP) is 2.87. The Hall–Kier alpha value is -3.06. The molecule has 1 N–H and O–H groups in total. The predicted molar refractivity (Wildman–Crippen MR) is 110 cm³/mol. The fraction of sp³-hybridized carbons (Fsp3) is 0.318. The summed E-state index contributed by atoms with van der Waals surface area (Å²) >= 11 is 0. The number of aromatic nitrogens is 2. The lowest BCUT2D eigenvalue weighted by molar-refractivity contribution is 0.0523. The van der Waals surface area contributed by atoms with Crippen LogP contribution in [0.15, 0.2) is 35.3 Å². The van der Waals surface area contributed by atoms with E-state index in [0.717, 1.165) is 16.7 Å². The van der Waals surface area contributed by atoms with E-state index in [1.807, 2.05) is 13.1 Å². The van der Waals surface area contributed by atoms with Crippen LogP contribution in [0.5, 0.6) is 0 Å². The summed E-state index contributed by atoms with van der Waals surface area (Å²) < 4.78 is 20.0. The van der Waals surface area contributed by atoms with Crippen molar-refractivity contribution < 1.29 is 13.9 Å². The van der Waals surface area contributed by atoms with E-state index in [0.29, 0.717) is 29.6 Å². The van der Waals surface area contributed by atoms with Gasteiger partial charge < -0.3 is 14.6 Å². The number of aryl methyl sites for hydroxylation is 2. The summed E-state index contributed by atoms with van der Waals surface area (Å²) in [6.45, 7) is 4.14. The zero-order valence-corrected chi connectivity index (χ0v) is 17.0. The van der Waals surface area contributed by atoms with Gasteiger partial charge in [0.25, 0.3) is 5.56 Å². The minimum atomic E-state index is -0.638. The van der Waals surface area contributed by atoms with E-state index in [1.165, 1.54) is 16.7 Å². The molecule has 0 saturated heterocycles. The monoisotopic (exact) mass is 397 g/mol. The lowest BCUT2D eigenvalue weighted by atomic mass is 9.99. The number of hydrogen-bond acceptors (Lipinski definition) is 5. The molecule has 0 aliphatic rings. The normalized spacial score (nSPS) is 11.1. The number of esters is 1. The van der Waals surface area contributed by atoms with Crippen molar-refractivity contribution >= 4 is 17.0 Å². The number of hydrogen-bond donors (Lipinski definition) is 1. The number of rotatable bonds is 6. The standard InChI is InChI=1S/C22H24FN3O3/c1-5-29-22(28)19-13(2)20-18(26(4)21(19)27)9-14(11-25-20)8-15-6-7-17(23)10-16(15)12-24-3/h6-7,9-11,24H,5,8,12H2,1-4H3. The molecule has 0 saturated carbocycles. The number of benzene rings is 1. The average molecular weight is 397 g/mol. The Morgan fingerprint density at radius 3 is 2.72 bits per heavy atom. The Bertz CT molecular complexity index is 1140. The molecule has 0 radical (unpaired) electrons. The molecular weight excluding hydrogens is 373 g/mol. The van der Waals surface area contributed by atoms with Gasteiger partial charge in [-0.3, -0.25) is 9.78 Å². The maximum Gasteiger partial charge on any atom is 0.344 e. The Morgan fingerprint density at radius 2 is 2.03 bits per heavy atom. The molecule has 2 heterocycles. The zero-order chi connectivity index (χ0) is 21.1. The minimum absolute atomic E-state index is 0.0111. The topological polar surface area (TPSA) is 73.2 Å². The number of nitrogens with zero attached hydrogens (tertiary/aromatic N) is 2. The second kappa shape index (κ2) is 8.53. The molecule has 0 aliphatic carbocycles. The molecule has 7 heteroatoms. The Balaban J connectivity index is 2.08. The highest BCUT2D eigenvalue weighted by Crippen LogP contribution is 2.21. The zero-order valence-electron chi connectivity index (χ0n) is 17.0. The van der Waals surface area contributed by atoms with Gasteiger partial charge in [-0.05, 0) is 67.8 Å². The van der Waals surface area contributed by atoms with Crippen molar-refractivity contribution in [1.82, 2.24) is 14.9 Å². The van der Waals surface area contributed by atoms with Gasteiger partial charge >= 0.3 is 5.97 Å². The van der Waals surface area contributed by atoms with Crippen LogP contribution in [0, 0.1) is 12.7 Å². The molecule has 0 atom stereocenters. The lowest BCUT2D eigenvalue weighted by Gasteiger charge is -2.14. The molecule has 29 heavy (non-hydrogen) atoms. The maximum absolute atomic E-state index is 13.6. The van der Waals surface area contributed by atoms with Crippen LogP contribution < -0.4 is 10.9 Å². The summed E-state index contributed by atoms with van der Waals surface area (Å²) in [4.78, 5) is 29.5. The molecule has 6 nitrogen and oxygen atoms in total. The van der Waals surface area contributed by atoms with E-state index in [4.69, 9.17) is 4.74 Å². The summed E-state index contributed by atoms with van der Waals surface area (Å²) in [6.07, 6.45) is 2.27. The summed E-state index contributed by atoms with van der Waals surface area (Å²) in [5, 5.41) is 3.05. The first kappa shape index (κ1) is 20.7. The van der Waals surface area contributed by atoms with Crippen LogP contribution >= 0.6 is 0 Å². The van der Waals surface area contributed by atoms with Crippen molar-refractivity contribution in [1.29, 1.82) is 0 Å². The largest absolute Gasteiger partial charge is 0.462 e. The first-order valence-corrected chi connectivity index (χ1v) is 9.44. The van der Waals surface area contributed by atoms with Gasteiger partial charge in [0.15, 0.2) is 0 Å². The van der Waals surface area contributed by atoms with Crippen molar-refractivity contribution in [3.63, 3.8) is 0 Å². The highest BCUT2D eigenvalue weighted by Gasteiger charge is 2.21. The van der Waals surface area contributed by atoms with Crippen LogP contribution in [-0.2, 0) is 24.8 Å². The van der Waals surface area contributed by atoms with Crippen molar-refractivity contribution in [3.8, 4) is 0 Å². The van der Waals surface area contributed by atoms with Crippen LogP contribution in [0.2, 0.25) is 0 Å². The average Bonchev–Trinajstić information content (AvgIpc) is 2.69. The highest BCUT2D eigenvalue weighted by molar-refractivity contribution is 5.95. The SMILES string of the molecule is CCOC(=O)c1c(C)c2ncc(Cc3ccc(F)cc3CNC)cc2n(C)c1=O. The molecular formula is C22H24FN3O3. The molecule has 3 aromatic rings. The van der Waals surface area contributed by atoms with E-state index in [9.17, 15) is 14.0 Å². The molecule has 0 spiro atoms. The van der Waals surface area contributed by atoms with E-state index in [2.05, 4.69) is 10.3 Å². The Labute approximate surface area is 168 Å². The maximum atomic E-state index is 13.6. The summed E-state index contributed by atoms with van der Waals surface area (Å²) in [5.41, 5.74) is 4.05. The number of nitrogens with one attached hydrogen (secondary N) is 1. The van der Waals surface area contributed by atoms with Gasteiger partial charge in [0.2, 0.25) is 0 Å². The molecule has 3 rings (SSSR count). The Kier molecular flexibility index (Phi) is 6.08. The molecule has 0 unspecified atom stereocenters. The van der Waals surface area contributed by atoms with Crippen molar-refractivity contribution in [2.45, 2.75) is 26.8 Å². The fourth-order valence-electron chi connectivity index (χ4n) is 3.48. The van der Waals surface area contributed by atoms with Crippen molar-refractivity contribution in [3.05, 3.63) is 74.5 Å². The summed E-state index contributed by atoms with van der Waals surface area (Å²) in [6, 6.07) is 6.61. The summed E-state index contributed by atoms with van der Waals surface area (Å²) in [7, 11) is 3.43. The fourth-order valence-corrected chi connectivity index (χ4v) is 3.48. The van der Waals surface area contributed by atoms with E-state index < -0.39 is 11.5 Å². The van der Waals surface area contributed by atoms with Crippen molar-refractivity contribution in [2.75, 3.05) is 13.7 Å². The number of carbonyl (C=O) groups excluding carboxylic acids is 1. The van der Waals surface area contributed by atoms with Gasteiger partial charge in [-0.1, -0.05) is 6.07 Å². The third-order valence-corrected chi connectivity index (χ3v) is 4.94. The highest BCUT2D eigenvalue weighted by atomic mass is 19.1. The summed E-state index contributed by atoms with van der Waals surface area (Å²) in [5.74, 6) is -0.915. The number of fused-ring (bicyclic) bond motifs is 1. The molecule has 2 aromatic heterocycles. The van der Waals surface area contributed by atoms with Gasteiger partial charge in [-0.15, -0.1) is 0 Å². The molecule has 0 bridgehead atoms. The molecule has 1 aromatic carbocycles. The minimum Gasteiger partial charge on any atom is -0.462 e. The van der Waals surface area contributed by atoms with Gasteiger partial charge in [-0.25, -0.2) is 9.18 Å². The second-order valence-corrected chi connectivity index (χ2v) is 6.92. The number of halogens is 1. The molecule has 0 aliphatic heterocycles. The van der Waals surface area contributed by atoms with E-state index in [1.54, 1.807) is 33.2 Å². The molecule has 0 fully saturated rings. The van der Waals surface area contributed by atoms with Gasteiger partial charge in [0.1, 0.15) is 11.4 Å². The van der Waals surface area contributed by atoms with Crippen LogP contribution in [0.25, 0.3) is 11.0 Å². The quantitative estimate of drug-likeness (QED) is 0.648. The Morgan fingerprint density at radius 1 is 1.28 bits per heavy atom. The van der Waals surface area contributed by atoms with Gasteiger partial charge in [0, 0.05) is 19.8 Å². The van der Waals surface area contributed by atoms with Crippen molar-refractivity contribution in [2.24, 2.45) is 7.05 Å². The van der Waals surface area contributed by atoms with E-state index in [-0.39, 0.29) is 18.0 Å². The van der Waals surface area contributed by atoms with Gasteiger partial charge in [0.05, 0.1) is 17.6 Å². The second-order valence-electron chi connectivity index (χ2n) is 6.92. The number of pyridine rings is 2. The van der Waals surface area contributed by atoms with E-state index >= 15 is 0 Å². The van der Waals surface area contributed by atoms with Crippen LogP contribution in [0.3, 0.4) is 0 Å². The lowest BCUT2D eigenvalue weighted by Crippen LogP contribution is -2.27. The third kappa shape index (κ3) is 4.05.